The summed E-state index contributed by atoms with van der Waals surface area (Å²) in [6.07, 6.45) is 1.60. The minimum absolute atomic E-state index is 0.195. The monoisotopic (exact) mass is 315 g/mol. The first-order valence-electron chi connectivity index (χ1n) is 8.06. The number of urea groups is 1. The van der Waals surface area contributed by atoms with Gasteiger partial charge in [0.1, 0.15) is 5.76 Å². The molecule has 1 heterocycles. The molecule has 2 rings (SSSR count). The molecular weight excluding hydrogens is 290 g/mol. The van der Waals surface area contributed by atoms with Gasteiger partial charge in [-0.3, -0.25) is 4.90 Å². The van der Waals surface area contributed by atoms with Gasteiger partial charge in [-0.1, -0.05) is 38.1 Å². The number of amides is 2. The second-order valence-electron chi connectivity index (χ2n) is 5.35. The molecular formula is C18H25N3O2. The van der Waals surface area contributed by atoms with Crippen molar-refractivity contribution in [2.45, 2.75) is 33.5 Å². The summed E-state index contributed by atoms with van der Waals surface area (Å²) in [5, 5.41) is 5.68. The van der Waals surface area contributed by atoms with E-state index in [4.69, 9.17) is 4.42 Å². The summed E-state index contributed by atoms with van der Waals surface area (Å²) in [5.74, 6) is 0.738. The van der Waals surface area contributed by atoms with Crippen LogP contribution in [0.4, 0.5) is 4.79 Å². The van der Waals surface area contributed by atoms with Gasteiger partial charge < -0.3 is 15.1 Å². The number of rotatable bonds is 8. The molecule has 5 nitrogen and oxygen atoms in total. The first kappa shape index (κ1) is 17.1. The van der Waals surface area contributed by atoms with Crippen molar-refractivity contribution >= 4 is 6.03 Å². The molecule has 0 unspecified atom stereocenters. The van der Waals surface area contributed by atoms with Crippen molar-refractivity contribution in [2.24, 2.45) is 0 Å². The molecule has 1 aromatic carbocycles. The van der Waals surface area contributed by atoms with Gasteiger partial charge in [-0.05, 0) is 36.3 Å². The Bertz CT molecular complexity index is 592. The highest BCUT2D eigenvalue weighted by atomic mass is 16.3. The highest BCUT2D eigenvalue weighted by Crippen LogP contribution is 2.11. The molecule has 0 aliphatic rings. The van der Waals surface area contributed by atoms with E-state index in [-0.39, 0.29) is 6.03 Å². The normalized spacial score (nSPS) is 10.7. The number of hydrogen-bond donors (Lipinski definition) is 2. The van der Waals surface area contributed by atoms with Crippen LogP contribution in [0.25, 0.3) is 0 Å². The van der Waals surface area contributed by atoms with E-state index in [1.807, 2.05) is 18.2 Å². The molecule has 0 saturated heterocycles. The molecule has 1 aromatic heterocycles. The topological polar surface area (TPSA) is 57.5 Å². The van der Waals surface area contributed by atoms with E-state index in [2.05, 4.69) is 41.5 Å². The van der Waals surface area contributed by atoms with Crippen molar-refractivity contribution in [2.75, 3.05) is 13.1 Å². The van der Waals surface area contributed by atoms with E-state index in [0.717, 1.165) is 31.0 Å². The van der Waals surface area contributed by atoms with Gasteiger partial charge in [0, 0.05) is 13.1 Å². The molecule has 0 aliphatic heterocycles. The maximum atomic E-state index is 11.9. The highest BCUT2D eigenvalue weighted by Gasteiger charge is 2.08. The summed E-state index contributed by atoms with van der Waals surface area (Å²) in [7, 11) is 0. The Labute approximate surface area is 137 Å². The zero-order chi connectivity index (χ0) is 16.5. The van der Waals surface area contributed by atoms with Gasteiger partial charge in [0.05, 0.1) is 12.8 Å². The lowest BCUT2D eigenvalue weighted by atomic mass is 10.1. The smallest absolute Gasteiger partial charge is 0.315 e. The van der Waals surface area contributed by atoms with E-state index in [9.17, 15) is 4.79 Å². The number of carbonyl (C=O) groups is 1. The Morgan fingerprint density at radius 1 is 1.00 bits per heavy atom. The fourth-order valence-electron chi connectivity index (χ4n) is 2.39. The quantitative estimate of drug-likeness (QED) is 0.787. The van der Waals surface area contributed by atoms with Gasteiger partial charge in [0.25, 0.3) is 0 Å². The lowest BCUT2D eigenvalue weighted by molar-refractivity contribution is 0.239. The van der Waals surface area contributed by atoms with Crippen molar-refractivity contribution < 1.29 is 9.21 Å². The Morgan fingerprint density at radius 2 is 1.70 bits per heavy atom. The molecule has 0 spiro atoms. The van der Waals surface area contributed by atoms with Crippen molar-refractivity contribution in [3.05, 3.63) is 59.5 Å². The van der Waals surface area contributed by atoms with E-state index in [1.165, 1.54) is 5.56 Å². The predicted octanol–water partition coefficient (Wildman–Crippen LogP) is 3.12. The zero-order valence-corrected chi connectivity index (χ0v) is 13.8. The van der Waals surface area contributed by atoms with Gasteiger partial charge in [-0.15, -0.1) is 0 Å². The van der Waals surface area contributed by atoms with Crippen LogP contribution in [0.15, 0.2) is 47.1 Å². The van der Waals surface area contributed by atoms with Gasteiger partial charge >= 0.3 is 6.03 Å². The van der Waals surface area contributed by atoms with Crippen molar-refractivity contribution in [3.63, 3.8) is 0 Å². The molecule has 2 N–H and O–H groups in total. The number of nitrogens with zero attached hydrogens (tertiary/aromatic N) is 1. The minimum Gasteiger partial charge on any atom is -0.467 e. The number of carbonyl (C=O) groups excluding carboxylic acids is 1. The molecule has 0 saturated carbocycles. The largest absolute Gasteiger partial charge is 0.467 e. The first-order valence-corrected chi connectivity index (χ1v) is 8.06. The van der Waals surface area contributed by atoms with Gasteiger partial charge in [0.2, 0.25) is 0 Å². The Balaban J connectivity index is 1.86. The molecule has 0 atom stereocenters. The second-order valence-corrected chi connectivity index (χ2v) is 5.35. The van der Waals surface area contributed by atoms with E-state index in [0.29, 0.717) is 13.1 Å². The maximum Gasteiger partial charge on any atom is 0.315 e. The Morgan fingerprint density at radius 3 is 2.35 bits per heavy atom. The molecule has 0 radical (unpaired) electrons. The minimum atomic E-state index is -0.195. The number of nitrogens with one attached hydrogen (secondary N) is 2. The molecule has 2 aromatic rings. The standard InChI is InChI=1S/C18H25N3O2/c1-3-21(4-2)14-16-9-6-5-8-15(16)12-19-18(22)20-13-17-10-7-11-23-17/h5-11H,3-4,12-14H2,1-2H3,(H2,19,20,22). The lowest BCUT2D eigenvalue weighted by Gasteiger charge is -2.20. The van der Waals surface area contributed by atoms with Crippen LogP contribution in [0.3, 0.4) is 0 Å². The van der Waals surface area contributed by atoms with Crippen LogP contribution in [0.5, 0.6) is 0 Å². The molecule has 0 fully saturated rings. The zero-order valence-electron chi connectivity index (χ0n) is 13.8. The number of benzene rings is 1. The Hall–Kier alpha value is -2.27. The summed E-state index contributed by atoms with van der Waals surface area (Å²) >= 11 is 0. The van der Waals surface area contributed by atoms with Gasteiger partial charge in [-0.2, -0.15) is 0 Å². The predicted molar refractivity (Wildman–Crippen MR) is 90.9 cm³/mol. The SMILES string of the molecule is CCN(CC)Cc1ccccc1CNC(=O)NCc1ccco1. The number of hydrogen-bond acceptors (Lipinski definition) is 3. The summed E-state index contributed by atoms with van der Waals surface area (Å²) in [4.78, 5) is 14.2. The molecule has 0 bridgehead atoms. The lowest BCUT2D eigenvalue weighted by Crippen LogP contribution is -2.34. The van der Waals surface area contributed by atoms with Crippen LogP contribution in [-0.4, -0.2) is 24.0 Å². The molecule has 2 amide bonds. The molecule has 23 heavy (non-hydrogen) atoms. The van der Waals surface area contributed by atoms with Crippen molar-refractivity contribution in [3.8, 4) is 0 Å². The Kier molecular flexibility index (Phi) is 6.69. The van der Waals surface area contributed by atoms with Crippen LogP contribution >= 0.6 is 0 Å². The van der Waals surface area contributed by atoms with Crippen molar-refractivity contribution in [1.29, 1.82) is 0 Å². The fourth-order valence-corrected chi connectivity index (χ4v) is 2.39. The first-order chi connectivity index (χ1) is 11.2. The van der Waals surface area contributed by atoms with Crippen molar-refractivity contribution in [1.82, 2.24) is 15.5 Å². The van der Waals surface area contributed by atoms with Gasteiger partial charge in [-0.25, -0.2) is 4.79 Å². The summed E-state index contributed by atoms with van der Waals surface area (Å²) in [6.45, 7) is 8.16. The van der Waals surface area contributed by atoms with Crippen LogP contribution < -0.4 is 10.6 Å². The number of furan rings is 1. The van der Waals surface area contributed by atoms with Crippen LogP contribution in [0.2, 0.25) is 0 Å². The maximum absolute atomic E-state index is 11.9. The summed E-state index contributed by atoms with van der Waals surface area (Å²) < 4.78 is 5.19. The molecule has 0 aliphatic carbocycles. The average molecular weight is 315 g/mol. The average Bonchev–Trinajstić information content (AvgIpc) is 3.10. The van der Waals surface area contributed by atoms with Crippen LogP contribution in [0.1, 0.15) is 30.7 Å². The van der Waals surface area contributed by atoms with E-state index in [1.54, 1.807) is 12.3 Å². The molecule has 124 valence electrons. The van der Waals surface area contributed by atoms with E-state index < -0.39 is 0 Å². The third-order valence-electron chi connectivity index (χ3n) is 3.85. The summed E-state index contributed by atoms with van der Waals surface area (Å²) in [6, 6.07) is 11.7. The van der Waals surface area contributed by atoms with Crippen LogP contribution in [-0.2, 0) is 19.6 Å². The fraction of sp³-hybridized carbons (Fsp3) is 0.389. The second kappa shape index (κ2) is 9.00. The van der Waals surface area contributed by atoms with E-state index >= 15 is 0 Å². The molecule has 5 heteroatoms. The third-order valence-corrected chi connectivity index (χ3v) is 3.85. The van der Waals surface area contributed by atoms with Crippen LogP contribution in [0, 0.1) is 0 Å². The summed E-state index contributed by atoms with van der Waals surface area (Å²) in [5.41, 5.74) is 2.40. The third kappa shape index (κ3) is 5.45. The highest BCUT2D eigenvalue weighted by molar-refractivity contribution is 5.73. The van der Waals surface area contributed by atoms with Gasteiger partial charge in [0.15, 0.2) is 0 Å².